The Labute approximate surface area is 186 Å². The Morgan fingerprint density at radius 1 is 0.871 bits per heavy atom. The van der Waals surface area contributed by atoms with Gasteiger partial charge in [0.1, 0.15) is 23.9 Å². The molecule has 1 aliphatic heterocycles. The zero-order valence-corrected chi connectivity index (χ0v) is 19.2. The Hall–Kier alpha value is -2.40. The minimum Gasteiger partial charge on any atom is -0.496 e. The molecule has 5 heteroatoms. The molecule has 0 saturated carbocycles. The molecule has 168 valence electrons. The molecule has 2 atom stereocenters. The zero-order chi connectivity index (χ0) is 21.6. The average molecular weight is 425 g/mol. The van der Waals surface area contributed by atoms with E-state index in [0.717, 1.165) is 48.9 Å². The third kappa shape index (κ3) is 5.27. The summed E-state index contributed by atoms with van der Waals surface area (Å²) in [5.41, 5.74) is 3.67. The first-order valence-electron chi connectivity index (χ1n) is 11.6. The second-order valence-electron chi connectivity index (χ2n) is 8.84. The number of hydrogen-bond acceptors (Lipinski definition) is 5. The summed E-state index contributed by atoms with van der Waals surface area (Å²) in [6.07, 6.45) is 5.92. The third-order valence-corrected chi connectivity index (χ3v) is 6.75. The second kappa shape index (κ2) is 10.3. The summed E-state index contributed by atoms with van der Waals surface area (Å²) in [6.45, 7) is 6.50. The van der Waals surface area contributed by atoms with Crippen molar-refractivity contribution in [2.24, 2.45) is 5.92 Å². The molecule has 0 radical (unpaired) electrons. The summed E-state index contributed by atoms with van der Waals surface area (Å²) >= 11 is 0. The first-order chi connectivity index (χ1) is 15.2. The van der Waals surface area contributed by atoms with Crippen LogP contribution in [0.4, 0.5) is 5.69 Å². The van der Waals surface area contributed by atoms with Gasteiger partial charge >= 0.3 is 0 Å². The number of nitrogens with zero attached hydrogens (tertiary/aromatic N) is 1. The number of nitrogens with one attached hydrogen (secondary N) is 1. The molecular weight excluding hydrogens is 388 g/mol. The number of anilines is 1. The quantitative estimate of drug-likeness (QED) is 0.660. The average Bonchev–Trinajstić information content (AvgIpc) is 2.81. The number of piperidine rings is 1. The van der Waals surface area contributed by atoms with Crippen molar-refractivity contribution in [1.82, 2.24) is 4.90 Å². The van der Waals surface area contributed by atoms with Gasteiger partial charge in [-0.3, -0.25) is 4.90 Å². The molecule has 2 aliphatic rings. The Kier molecular flexibility index (Phi) is 7.23. The van der Waals surface area contributed by atoms with Gasteiger partial charge in [0.25, 0.3) is 0 Å². The van der Waals surface area contributed by atoms with Gasteiger partial charge in [-0.1, -0.05) is 13.3 Å². The topological polar surface area (TPSA) is 43.0 Å². The molecule has 1 heterocycles. The lowest BCUT2D eigenvalue weighted by Gasteiger charge is -2.33. The van der Waals surface area contributed by atoms with E-state index >= 15 is 0 Å². The fourth-order valence-electron chi connectivity index (χ4n) is 4.90. The van der Waals surface area contributed by atoms with E-state index in [1.807, 2.05) is 12.1 Å². The highest BCUT2D eigenvalue weighted by Crippen LogP contribution is 2.38. The van der Waals surface area contributed by atoms with Crippen LogP contribution in [0, 0.1) is 5.92 Å². The minimum absolute atomic E-state index is 0.347. The van der Waals surface area contributed by atoms with Crippen molar-refractivity contribution in [1.29, 1.82) is 0 Å². The molecule has 0 unspecified atom stereocenters. The van der Waals surface area contributed by atoms with Crippen LogP contribution < -0.4 is 19.5 Å². The highest BCUT2D eigenvalue weighted by atomic mass is 16.5. The maximum Gasteiger partial charge on any atom is 0.122 e. The number of methoxy groups -OCH3 is 2. The van der Waals surface area contributed by atoms with Gasteiger partial charge in [0.15, 0.2) is 0 Å². The summed E-state index contributed by atoms with van der Waals surface area (Å²) in [5, 5.41) is 3.74. The highest BCUT2D eigenvalue weighted by molar-refractivity contribution is 5.53. The summed E-state index contributed by atoms with van der Waals surface area (Å²) in [5.74, 6) is 3.35. The fourth-order valence-corrected chi connectivity index (χ4v) is 4.90. The highest BCUT2D eigenvalue weighted by Gasteiger charge is 2.29. The molecule has 1 N–H and O–H groups in total. The van der Waals surface area contributed by atoms with Crippen LogP contribution in [0.25, 0.3) is 0 Å². The molecule has 4 rings (SSSR count). The molecule has 1 saturated heterocycles. The lowest BCUT2D eigenvalue weighted by atomic mass is 9.80. The SMILES string of the molecule is COc1ccc(OC)c2c1C[C@@H](C)[C@@H](Nc1ccc(OCCN3CCCCC3)cc1)C2. The van der Waals surface area contributed by atoms with Gasteiger partial charge in [-0.15, -0.1) is 0 Å². The number of ether oxygens (including phenoxy) is 3. The molecule has 0 amide bonds. The van der Waals surface area contributed by atoms with E-state index in [0.29, 0.717) is 12.0 Å². The maximum absolute atomic E-state index is 5.98. The summed E-state index contributed by atoms with van der Waals surface area (Å²) in [4.78, 5) is 2.50. The standard InChI is InChI=1S/C26H36N2O3/c1-19-17-22-23(26(30-3)12-11-25(22)29-2)18-24(19)27-20-7-9-21(10-8-20)31-16-15-28-13-5-4-6-14-28/h7-12,19,24,27H,4-6,13-18H2,1-3H3/t19-,24+/m1/s1. The molecule has 2 aromatic rings. The van der Waals surface area contributed by atoms with Crippen molar-refractivity contribution < 1.29 is 14.2 Å². The molecule has 0 spiro atoms. The van der Waals surface area contributed by atoms with Crippen LogP contribution in [0.2, 0.25) is 0 Å². The van der Waals surface area contributed by atoms with E-state index < -0.39 is 0 Å². The number of likely N-dealkylation sites (tertiary alicyclic amines) is 1. The predicted octanol–water partition coefficient (Wildman–Crippen LogP) is 4.78. The van der Waals surface area contributed by atoms with Crippen LogP contribution >= 0.6 is 0 Å². The van der Waals surface area contributed by atoms with E-state index in [1.54, 1.807) is 14.2 Å². The Morgan fingerprint density at radius 2 is 1.52 bits per heavy atom. The lowest BCUT2D eigenvalue weighted by Crippen LogP contribution is -2.35. The van der Waals surface area contributed by atoms with Gasteiger partial charge < -0.3 is 19.5 Å². The van der Waals surface area contributed by atoms with E-state index in [4.69, 9.17) is 14.2 Å². The van der Waals surface area contributed by atoms with Gasteiger partial charge in [0.05, 0.1) is 14.2 Å². The summed E-state index contributed by atoms with van der Waals surface area (Å²) in [6, 6.07) is 12.8. The van der Waals surface area contributed by atoms with Crippen LogP contribution in [0.15, 0.2) is 36.4 Å². The van der Waals surface area contributed by atoms with Crippen molar-refractivity contribution in [2.75, 3.05) is 45.8 Å². The fraction of sp³-hybridized carbons (Fsp3) is 0.538. The second-order valence-corrected chi connectivity index (χ2v) is 8.84. The summed E-state index contributed by atoms with van der Waals surface area (Å²) in [7, 11) is 3.49. The predicted molar refractivity (Wildman–Crippen MR) is 126 cm³/mol. The van der Waals surface area contributed by atoms with Gasteiger partial charge in [0, 0.05) is 29.4 Å². The maximum atomic E-state index is 5.98. The Balaban J connectivity index is 1.35. The molecule has 0 aromatic heterocycles. The molecule has 1 aliphatic carbocycles. The van der Waals surface area contributed by atoms with Crippen LogP contribution in [-0.4, -0.2) is 51.4 Å². The number of fused-ring (bicyclic) bond motifs is 1. The lowest BCUT2D eigenvalue weighted by molar-refractivity contribution is 0.183. The van der Waals surface area contributed by atoms with Crippen molar-refractivity contribution in [3.05, 3.63) is 47.5 Å². The van der Waals surface area contributed by atoms with Crippen molar-refractivity contribution in [3.63, 3.8) is 0 Å². The monoisotopic (exact) mass is 424 g/mol. The largest absolute Gasteiger partial charge is 0.496 e. The first kappa shape index (κ1) is 21.8. The van der Waals surface area contributed by atoms with E-state index in [1.165, 1.54) is 43.5 Å². The van der Waals surface area contributed by atoms with E-state index in [2.05, 4.69) is 41.4 Å². The van der Waals surface area contributed by atoms with Crippen molar-refractivity contribution in [3.8, 4) is 17.2 Å². The molecule has 0 bridgehead atoms. The minimum atomic E-state index is 0.347. The first-order valence-corrected chi connectivity index (χ1v) is 11.6. The Bertz CT molecular complexity index is 846. The van der Waals surface area contributed by atoms with Gasteiger partial charge in [0.2, 0.25) is 0 Å². The van der Waals surface area contributed by atoms with Gasteiger partial charge in [-0.05, 0) is 81.1 Å². The van der Waals surface area contributed by atoms with Crippen LogP contribution in [-0.2, 0) is 12.8 Å². The van der Waals surface area contributed by atoms with Crippen LogP contribution in [0.3, 0.4) is 0 Å². The molecule has 31 heavy (non-hydrogen) atoms. The smallest absolute Gasteiger partial charge is 0.122 e. The van der Waals surface area contributed by atoms with Crippen molar-refractivity contribution >= 4 is 5.69 Å². The number of benzene rings is 2. The van der Waals surface area contributed by atoms with Gasteiger partial charge in [-0.25, -0.2) is 0 Å². The zero-order valence-electron chi connectivity index (χ0n) is 19.2. The van der Waals surface area contributed by atoms with Crippen LogP contribution in [0.5, 0.6) is 17.2 Å². The molecular formula is C26H36N2O3. The normalized spacial score (nSPS) is 21.3. The van der Waals surface area contributed by atoms with Gasteiger partial charge in [-0.2, -0.15) is 0 Å². The van der Waals surface area contributed by atoms with E-state index in [-0.39, 0.29) is 0 Å². The third-order valence-electron chi connectivity index (χ3n) is 6.75. The molecule has 5 nitrogen and oxygen atoms in total. The van der Waals surface area contributed by atoms with Crippen molar-refractivity contribution in [2.45, 2.75) is 45.1 Å². The summed E-state index contributed by atoms with van der Waals surface area (Å²) < 4.78 is 17.2. The molecule has 2 aromatic carbocycles. The Morgan fingerprint density at radius 3 is 2.16 bits per heavy atom. The molecule has 1 fully saturated rings. The number of rotatable bonds is 8. The number of hydrogen-bond donors (Lipinski definition) is 1. The van der Waals surface area contributed by atoms with Crippen LogP contribution in [0.1, 0.15) is 37.3 Å². The van der Waals surface area contributed by atoms with E-state index in [9.17, 15) is 0 Å².